The van der Waals surface area contributed by atoms with Crippen molar-refractivity contribution < 1.29 is 9.59 Å². The summed E-state index contributed by atoms with van der Waals surface area (Å²) in [4.78, 5) is 26.9. The van der Waals surface area contributed by atoms with Gasteiger partial charge in [0.05, 0.1) is 14.7 Å². The highest BCUT2D eigenvalue weighted by molar-refractivity contribution is 9.11. The molecule has 1 heterocycles. The molecule has 2 aromatic rings. The molecule has 24 heavy (non-hydrogen) atoms. The smallest absolute Gasteiger partial charge is 0.262 e. The van der Waals surface area contributed by atoms with Crippen molar-refractivity contribution in [1.82, 2.24) is 10.2 Å². The molecule has 0 spiro atoms. The van der Waals surface area contributed by atoms with Gasteiger partial charge in [0.2, 0.25) is 5.91 Å². The Balaban J connectivity index is 2.02. The molecule has 2 rings (SSSR count). The molecular formula is C17H18BrClN2O2S. The van der Waals surface area contributed by atoms with Crippen LogP contribution in [0.3, 0.4) is 0 Å². The van der Waals surface area contributed by atoms with Gasteiger partial charge in [0, 0.05) is 12.1 Å². The Morgan fingerprint density at radius 1 is 1.25 bits per heavy atom. The van der Waals surface area contributed by atoms with Crippen LogP contribution in [0.2, 0.25) is 5.02 Å². The van der Waals surface area contributed by atoms with Crippen molar-refractivity contribution >= 4 is 50.7 Å². The van der Waals surface area contributed by atoms with Gasteiger partial charge >= 0.3 is 0 Å². The zero-order valence-corrected chi connectivity index (χ0v) is 16.7. The molecule has 2 amide bonds. The lowest BCUT2D eigenvalue weighted by Gasteiger charge is -2.28. The molecular weight excluding hydrogens is 412 g/mol. The second-order valence-corrected chi connectivity index (χ2v) is 8.38. The molecule has 4 nitrogen and oxygen atoms in total. The molecule has 0 aliphatic rings. The highest BCUT2D eigenvalue weighted by Crippen LogP contribution is 2.23. The van der Waals surface area contributed by atoms with Crippen LogP contribution in [0.1, 0.15) is 35.1 Å². The summed E-state index contributed by atoms with van der Waals surface area (Å²) in [5.74, 6) is -0.415. The zero-order valence-electron chi connectivity index (χ0n) is 13.5. The maximum Gasteiger partial charge on any atom is 0.262 e. The third-order valence-electron chi connectivity index (χ3n) is 3.77. The topological polar surface area (TPSA) is 49.4 Å². The fourth-order valence-electron chi connectivity index (χ4n) is 2.25. The summed E-state index contributed by atoms with van der Waals surface area (Å²) in [7, 11) is 1.72. The van der Waals surface area contributed by atoms with Gasteiger partial charge in [0.25, 0.3) is 5.91 Å². The minimum Gasteiger partial charge on any atom is -0.340 e. The second-order valence-electron chi connectivity index (χ2n) is 5.48. The van der Waals surface area contributed by atoms with Crippen LogP contribution in [-0.4, -0.2) is 29.8 Å². The number of halogens is 2. The average Bonchev–Trinajstić information content (AvgIpc) is 2.99. The van der Waals surface area contributed by atoms with Crippen molar-refractivity contribution in [2.45, 2.75) is 25.9 Å². The SMILES string of the molecule is CC(NC(=O)c1ccc(Br)s1)C(=O)N(C)C(C)c1cccc(Cl)c1. The van der Waals surface area contributed by atoms with E-state index in [0.29, 0.717) is 9.90 Å². The van der Waals surface area contributed by atoms with E-state index in [0.717, 1.165) is 9.35 Å². The Kier molecular flexibility index (Phi) is 6.43. The van der Waals surface area contributed by atoms with Crippen LogP contribution in [-0.2, 0) is 4.79 Å². The molecule has 1 aromatic carbocycles. The monoisotopic (exact) mass is 428 g/mol. The normalized spacial score (nSPS) is 13.2. The summed E-state index contributed by atoms with van der Waals surface area (Å²) in [5.41, 5.74) is 0.944. The minimum atomic E-state index is -0.620. The molecule has 7 heteroatoms. The number of benzene rings is 1. The predicted octanol–water partition coefficient (Wildman–Crippen LogP) is 4.50. The number of carbonyl (C=O) groups is 2. The molecule has 1 aromatic heterocycles. The van der Waals surface area contributed by atoms with Gasteiger partial charge in [-0.25, -0.2) is 0 Å². The van der Waals surface area contributed by atoms with Gasteiger partial charge in [-0.1, -0.05) is 23.7 Å². The Hall–Kier alpha value is -1.37. The molecule has 0 aliphatic carbocycles. The summed E-state index contributed by atoms with van der Waals surface area (Å²) in [6, 6.07) is 10.2. The largest absolute Gasteiger partial charge is 0.340 e. The van der Waals surface area contributed by atoms with Gasteiger partial charge in [-0.3, -0.25) is 9.59 Å². The Labute approximate surface area is 158 Å². The van der Waals surface area contributed by atoms with E-state index in [2.05, 4.69) is 21.2 Å². The van der Waals surface area contributed by atoms with Gasteiger partial charge in [0.1, 0.15) is 6.04 Å². The number of nitrogens with one attached hydrogen (secondary N) is 1. The number of hydrogen-bond donors (Lipinski definition) is 1. The summed E-state index contributed by atoms with van der Waals surface area (Å²) in [6.45, 7) is 3.61. The van der Waals surface area contributed by atoms with Crippen LogP contribution in [0.5, 0.6) is 0 Å². The van der Waals surface area contributed by atoms with Crippen molar-refractivity contribution in [1.29, 1.82) is 0 Å². The lowest BCUT2D eigenvalue weighted by molar-refractivity contribution is -0.133. The summed E-state index contributed by atoms with van der Waals surface area (Å²) in [5, 5.41) is 3.37. The van der Waals surface area contributed by atoms with Crippen LogP contribution in [0.15, 0.2) is 40.2 Å². The van der Waals surface area contributed by atoms with E-state index < -0.39 is 6.04 Å². The summed E-state index contributed by atoms with van der Waals surface area (Å²) < 4.78 is 0.873. The van der Waals surface area contributed by atoms with Crippen molar-refractivity contribution in [2.24, 2.45) is 0 Å². The third kappa shape index (κ3) is 4.59. The lowest BCUT2D eigenvalue weighted by atomic mass is 10.1. The Morgan fingerprint density at radius 2 is 1.96 bits per heavy atom. The molecule has 1 N–H and O–H groups in total. The molecule has 0 radical (unpaired) electrons. The molecule has 0 fully saturated rings. The van der Waals surface area contributed by atoms with E-state index in [9.17, 15) is 9.59 Å². The van der Waals surface area contributed by atoms with Gasteiger partial charge in [-0.05, 0) is 59.6 Å². The standard InChI is InChI=1S/C17H18BrClN2O2S/c1-10(20-16(22)14-7-8-15(18)24-14)17(23)21(3)11(2)12-5-4-6-13(19)9-12/h4-11H,1-3H3,(H,20,22). The maximum absolute atomic E-state index is 12.6. The van der Waals surface area contributed by atoms with E-state index in [-0.39, 0.29) is 17.9 Å². The fourth-order valence-corrected chi connectivity index (χ4v) is 3.74. The average molecular weight is 430 g/mol. The molecule has 128 valence electrons. The number of hydrogen-bond acceptors (Lipinski definition) is 3. The Morgan fingerprint density at radius 3 is 2.54 bits per heavy atom. The Bertz CT molecular complexity index is 750. The van der Waals surface area contributed by atoms with Gasteiger partial charge in [0.15, 0.2) is 0 Å². The van der Waals surface area contributed by atoms with E-state index in [4.69, 9.17) is 11.6 Å². The molecule has 0 saturated heterocycles. The quantitative estimate of drug-likeness (QED) is 0.760. The highest BCUT2D eigenvalue weighted by atomic mass is 79.9. The van der Waals surface area contributed by atoms with E-state index in [1.807, 2.05) is 25.1 Å². The van der Waals surface area contributed by atoms with Gasteiger partial charge in [-0.2, -0.15) is 0 Å². The first-order chi connectivity index (χ1) is 11.3. The molecule has 2 unspecified atom stereocenters. The van der Waals surface area contributed by atoms with Crippen molar-refractivity contribution in [3.8, 4) is 0 Å². The van der Waals surface area contributed by atoms with E-state index >= 15 is 0 Å². The third-order valence-corrected chi connectivity index (χ3v) is 5.63. The minimum absolute atomic E-state index is 0.147. The van der Waals surface area contributed by atoms with E-state index in [1.54, 1.807) is 37.1 Å². The second kappa shape index (κ2) is 8.14. The number of amides is 2. The van der Waals surface area contributed by atoms with Crippen LogP contribution < -0.4 is 5.32 Å². The number of rotatable bonds is 5. The lowest BCUT2D eigenvalue weighted by Crippen LogP contribution is -2.46. The van der Waals surface area contributed by atoms with Crippen LogP contribution >= 0.6 is 38.9 Å². The summed E-state index contributed by atoms with van der Waals surface area (Å²) >= 11 is 10.7. The van der Waals surface area contributed by atoms with Gasteiger partial charge in [-0.15, -0.1) is 11.3 Å². The first-order valence-electron chi connectivity index (χ1n) is 7.38. The molecule has 2 atom stereocenters. The molecule has 0 saturated carbocycles. The number of nitrogens with zero attached hydrogens (tertiary/aromatic N) is 1. The van der Waals surface area contributed by atoms with Crippen molar-refractivity contribution in [2.75, 3.05) is 7.05 Å². The predicted molar refractivity (Wildman–Crippen MR) is 102 cm³/mol. The maximum atomic E-state index is 12.6. The van der Waals surface area contributed by atoms with Gasteiger partial charge < -0.3 is 10.2 Å². The first kappa shape index (κ1) is 19.0. The zero-order chi connectivity index (χ0) is 17.9. The van der Waals surface area contributed by atoms with Crippen LogP contribution in [0.25, 0.3) is 0 Å². The fraction of sp³-hybridized carbons (Fsp3) is 0.294. The first-order valence-corrected chi connectivity index (χ1v) is 9.36. The van der Waals surface area contributed by atoms with Crippen LogP contribution in [0, 0.1) is 0 Å². The van der Waals surface area contributed by atoms with Crippen molar-refractivity contribution in [3.05, 3.63) is 55.6 Å². The molecule has 0 aliphatic heterocycles. The summed E-state index contributed by atoms with van der Waals surface area (Å²) in [6.07, 6.45) is 0. The van der Waals surface area contributed by atoms with Crippen molar-refractivity contribution in [3.63, 3.8) is 0 Å². The highest BCUT2D eigenvalue weighted by Gasteiger charge is 2.24. The molecule has 0 bridgehead atoms. The number of carbonyl (C=O) groups excluding carboxylic acids is 2. The number of thiophene rings is 1. The van der Waals surface area contributed by atoms with E-state index in [1.165, 1.54) is 11.3 Å². The van der Waals surface area contributed by atoms with Crippen LogP contribution in [0.4, 0.5) is 0 Å². The number of likely N-dealkylation sites (N-methyl/N-ethyl adjacent to an activating group) is 1.